The number of aromatic nitrogens is 2. The number of hydrogen-bond acceptors (Lipinski definition) is 5. The largest absolute Gasteiger partial charge is 0.475 e. The van der Waals surface area contributed by atoms with E-state index in [4.69, 9.17) is 4.74 Å². The van der Waals surface area contributed by atoms with E-state index in [1.165, 1.54) is 0 Å². The minimum absolute atomic E-state index is 0.0210. The molecule has 0 radical (unpaired) electrons. The highest BCUT2D eigenvalue weighted by molar-refractivity contribution is 5.30. The Morgan fingerprint density at radius 2 is 2.00 bits per heavy atom. The average molecular weight is 293 g/mol. The monoisotopic (exact) mass is 293 g/mol. The van der Waals surface area contributed by atoms with E-state index >= 15 is 0 Å². The zero-order chi connectivity index (χ0) is 15.2. The van der Waals surface area contributed by atoms with Crippen LogP contribution in [0.15, 0.2) is 6.07 Å². The van der Waals surface area contributed by atoms with Gasteiger partial charge in [0.05, 0.1) is 12.7 Å². The summed E-state index contributed by atoms with van der Waals surface area (Å²) in [5, 5.41) is 2.79. The molecule has 1 N–H and O–H groups in total. The van der Waals surface area contributed by atoms with Gasteiger partial charge in [0.1, 0.15) is 6.61 Å². The van der Waals surface area contributed by atoms with Crippen molar-refractivity contribution in [3.8, 4) is 5.88 Å². The van der Waals surface area contributed by atoms with Gasteiger partial charge in [0.25, 0.3) is 0 Å². The van der Waals surface area contributed by atoms with Gasteiger partial charge in [-0.25, -0.2) is 4.98 Å². The molecule has 0 bridgehead atoms. The SMILES string of the molecule is Cc1cc(OC(C)C)nc(NCCOCC(F)(F)F)n1. The first-order valence-electron chi connectivity index (χ1n) is 6.17. The lowest BCUT2D eigenvalue weighted by molar-refractivity contribution is -0.172. The molecule has 0 amide bonds. The van der Waals surface area contributed by atoms with E-state index < -0.39 is 12.8 Å². The fourth-order valence-corrected chi connectivity index (χ4v) is 1.34. The Labute approximate surface area is 115 Å². The van der Waals surface area contributed by atoms with Crippen molar-refractivity contribution in [2.24, 2.45) is 0 Å². The molecule has 0 fully saturated rings. The molecular weight excluding hydrogens is 275 g/mol. The van der Waals surface area contributed by atoms with Crippen molar-refractivity contribution in [3.63, 3.8) is 0 Å². The van der Waals surface area contributed by atoms with Crippen molar-refractivity contribution in [1.29, 1.82) is 0 Å². The third-order valence-electron chi connectivity index (χ3n) is 1.98. The topological polar surface area (TPSA) is 56.3 Å². The molecule has 1 rings (SSSR count). The number of halogens is 3. The summed E-state index contributed by atoms with van der Waals surface area (Å²) in [5.74, 6) is 0.725. The van der Waals surface area contributed by atoms with Crippen molar-refractivity contribution in [2.75, 3.05) is 25.1 Å². The molecule has 20 heavy (non-hydrogen) atoms. The van der Waals surface area contributed by atoms with Crippen molar-refractivity contribution >= 4 is 5.95 Å². The molecule has 0 unspecified atom stereocenters. The maximum atomic E-state index is 11.8. The Morgan fingerprint density at radius 3 is 2.60 bits per heavy atom. The minimum atomic E-state index is -4.31. The van der Waals surface area contributed by atoms with Crippen LogP contribution in [-0.2, 0) is 4.74 Å². The second kappa shape index (κ2) is 7.28. The van der Waals surface area contributed by atoms with Gasteiger partial charge in [0.15, 0.2) is 0 Å². The van der Waals surface area contributed by atoms with E-state index in [9.17, 15) is 13.2 Å². The molecular formula is C12H18F3N3O2. The van der Waals surface area contributed by atoms with E-state index in [-0.39, 0.29) is 19.3 Å². The van der Waals surface area contributed by atoms with Crippen LogP contribution in [-0.4, -0.2) is 42.0 Å². The standard InChI is InChI=1S/C12H18F3N3O2/c1-8(2)20-10-6-9(3)17-11(18-10)16-4-5-19-7-12(13,14)15/h6,8H,4-5,7H2,1-3H3,(H,16,17,18). The van der Waals surface area contributed by atoms with Gasteiger partial charge in [0, 0.05) is 18.3 Å². The second-order valence-electron chi connectivity index (χ2n) is 4.43. The summed E-state index contributed by atoms with van der Waals surface area (Å²) in [6.45, 7) is 4.36. The second-order valence-corrected chi connectivity index (χ2v) is 4.43. The zero-order valence-corrected chi connectivity index (χ0v) is 11.6. The lowest BCUT2D eigenvalue weighted by Crippen LogP contribution is -2.20. The van der Waals surface area contributed by atoms with Crippen LogP contribution in [0.1, 0.15) is 19.5 Å². The van der Waals surface area contributed by atoms with Crippen LogP contribution in [0.3, 0.4) is 0 Å². The van der Waals surface area contributed by atoms with Crippen molar-refractivity contribution < 1.29 is 22.6 Å². The number of nitrogens with zero attached hydrogens (tertiary/aromatic N) is 2. The average Bonchev–Trinajstić information content (AvgIpc) is 2.25. The molecule has 0 aliphatic heterocycles. The number of aryl methyl sites for hydroxylation is 1. The molecule has 0 aliphatic rings. The lowest BCUT2D eigenvalue weighted by atomic mass is 10.4. The number of ether oxygens (including phenoxy) is 2. The molecule has 1 aromatic heterocycles. The zero-order valence-electron chi connectivity index (χ0n) is 11.6. The molecule has 0 spiro atoms. The van der Waals surface area contributed by atoms with Crippen LogP contribution in [0.5, 0.6) is 5.88 Å². The molecule has 1 aromatic rings. The Hall–Kier alpha value is -1.57. The molecule has 0 aliphatic carbocycles. The van der Waals surface area contributed by atoms with Crippen LogP contribution in [0.4, 0.5) is 19.1 Å². The van der Waals surface area contributed by atoms with E-state index in [0.29, 0.717) is 17.5 Å². The van der Waals surface area contributed by atoms with Gasteiger partial charge < -0.3 is 14.8 Å². The maximum absolute atomic E-state index is 11.8. The fourth-order valence-electron chi connectivity index (χ4n) is 1.34. The van der Waals surface area contributed by atoms with E-state index in [1.54, 1.807) is 13.0 Å². The van der Waals surface area contributed by atoms with E-state index in [1.807, 2.05) is 13.8 Å². The van der Waals surface area contributed by atoms with Crippen LogP contribution < -0.4 is 10.1 Å². The van der Waals surface area contributed by atoms with Crippen LogP contribution in [0, 0.1) is 6.92 Å². The predicted molar refractivity (Wildman–Crippen MR) is 67.9 cm³/mol. The molecule has 0 atom stereocenters. The third kappa shape index (κ3) is 7.13. The quantitative estimate of drug-likeness (QED) is 0.783. The molecule has 1 heterocycles. The summed E-state index contributed by atoms with van der Waals surface area (Å²) in [6.07, 6.45) is -4.33. The van der Waals surface area contributed by atoms with Gasteiger partial charge in [-0.2, -0.15) is 18.2 Å². The Bertz CT molecular complexity index is 425. The first kappa shape index (κ1) is 16.5. The highest BCUT2D eigenvalue weighted by Gasteiger charge is 2.27. The van der Waals surface area contributed by atoms with Gasteiger partial charge in [-0.15, -0.1) is 0 Å². The van der Waals surface area contributed by atoms with Gasteiger partial charge in [-0.3, -0.25) is 0 Å². The Balaban J connectivity index is 2.41. The number of nitrogens with one attached hydrogen (secondary N) is 1. The normalized spacial score (nSPS) is 11.8. The number of alkyl halides is 3. The van der Waals surface area contributed by atoms with Gasteiger partial charge in [0.2, 0.25) is 11.8 Å². The van der Waals surface area contributed by atoms with Crippen LogP contribution in [0.25, 0.3) is 0 Å². The Kier molecular flexibility index (Phi) is 6.00. The smallest absolute Gasteiger partial charge is 0.411 e. The van der Waals surface area contributed by atoms with E-state index in [2.05, 4.69) is 20.0 Å². The minimum Gasteiger partial charge on any atom is -0.475 e. The van der Waals surface area contributed by atoms with Gasteiger partial charge in [-0.05, 0) is 20.8 Å². The maximum Gasteiger partial charge on any atom is 0.411 e. The summed E-state index contributed by atoms with van der Waals surface area (Å²) in [7, 11) is 0. The molecule has 0 saturated carbocycles. The Morgan fingerprint density at radius 1 is 1.30 bits per heavy atom. The van der Waals surface area contributed by atoms with Crippen molar-refractivity contribution in [1.82, 2.24) is 9.97 Å². The summed E-state index contributed by atoms with van der Waals surface area (Å²) in [5.41, 5.74) is 0.703. The highest BCUT2D eigenvalue weighted by Crippen LogP contribution is 2.15. The lowest BCUT2D eigenvalue weighted by Gasteiger charge is -2.12. The number of anilines is 1. The van der Waals surface area contributed by atoms with Gasteiger partial charge in [-0.1, -0.05) is 0 Å². The summed E-state index contributed by atoms with van der Waals surface area (Å²) < 4.78 is 45.4. The summed E-state index contributed by atoms with van der Waals surface area (Å²) >= 11 is 0. The molecule has 8 heteroatoms. The first-order valence-corrected chi connectivity index (χ1v) is 6.17. The highest BCUT2D eigenvalue weighted by atomic mass is 19.4. The summed E-state index contributed by atoms with van der Waals surface area (Å²) in [6, 6.07) is 1.69. The van der Waals surface area contributed by atoms with Crippen molar-refractivity contribution in [3.05, 3.63) is 11.8 Å². The molecule has 5 nitrogen and oxygen atoms in total. The van der Waals surface area contributed by atoms with Crippen LogP contribution >= 0.6 is 0 Å². The molecule has 114 valence electrons. The number of hydrogen-bond donors (Lipinski definition) is 1. The third-order valence-corrected chi connectivity index (χ3v) is 1.98. The number of rotatable bonds is 7. The van der Waals surface area contributed by atoms with E-state index in [0.717, 1.165) is 0 Å². The molecule has 0 saturated heterocycles. The van der Waals surface area contributed by atoms with Gasteiger partial charge >= 0.3 is 6.18 Å². The van der Waals surface area contributed by atoms with Crippen molar-refractivity contribution in [2.45, 2.75) is 33.1 Å². The predicted octanol–water partition coefficient (Wildman–Crippen LogP) is 2.56. The molecule has 0 aromatic carbocycles. The van der Waals surface area contributed by atoms with Crippen LogP contribution in [0.2, 0.25) is 0 Å². The summed E-state index contributed by atoms with van der Waals surface area (Å²) in [4.78, 5) is 8.21. The first-order chi connectivity index (χ1) is 9.26. The fraction of sp³-hybridized carbons (Fsp3) is 0.667.